The van der Waals surface area contributed by atoms with Gasteiger partial charge in [-0.25, -0.2) is 0 Å². The highest BCUT2D eigenvalue weighted by molar-refractivity contribution is 9.10. The van der Waals surface area contributed by atoms with E-state index in [9.17, 15) is 0 Å². The molecule has 0 radical (unpaired) electrons. The van der Waals surface area contributed by atoms with Gasteiger partial charge < -0.3 is 0 Å². The first-order chi connectivity index (χ1) is 8.58. The normalized spacial score (nSPS) is 15.3. The van der Waals surface area contributed by atoms with Gasteiger partial charge in [0.2, 0.25) is 0 Å². The van der Waals surface area contributed by atoms with Crippen LogP contribution in [0.15, 0.2) is 45.3 Å². The maximum Gasteiger partial charge on any atom is 0.0417 e. The van der Waals surface area contributed by atoms with Crippen molar-refractivity contribution in [2.24, 2.45) is 0 Å². The van der Waals surface area contributed by atoms with Crippen molar-refractivity contribution < 1.29 is 0 Å². The number of hydrogen-bond donors (Lipinski definition) is 0. The second-order valence-electron chi connectivity index (χ2n) is 4.62. The van der Waals surface area contributed by atoms with Crippen molar-refractivity contribution in [1.82, 2.24) is 0 Å². The molecule has 0 aromatic heterocycles. The molecule has 2 aromatic rings. The van der Waals surface area contributed by atoms with Crippen LogP contribution in [0, 0.1) is 0 Å². The summed E-state index contributed by atoms with van der Waals surface area (Å²) in [6.45, 7) is 2.06. The second kappa shape index (κ2) is 4.66. The topological polar surface area (TPSA) is 0 Å². The minimum Gasteiger partial charge on any atom is -0.122 e. The lowest BCUT2D eigenvalue weighted by Crippen LogP contribution is -2.07. The third-order valence-corrected chi connectivity index (χ3v) is 4.69. The molecule has 0 saturated carbocycles. The van der Waals surface area contributed by atoms with Gasteiger partial charge in [0.1, 0.15) is 0 Å². The summed E-state index contributed by atoms with van der Waals surface area (Å²) in [6.07, 6.45) is 0. The summed E-state index contributed by atoms with van der Waals surface area (Å²) in [5, 5.41) is 0.0774. The highest BCUT2D eigenvalue weighted by Gasteiger charge is 2.31. The fourth-order valence-electron chi connectivity index (χ4n) is 2.73. The molecule has 1 atom stereocenters. The zero-order valence-corrected chi connectivity index (χ0v) is 13.7. The Balaban J connectivity index is 2.29. The van der Waals surface area contributed by atoms with E-state index in [4.69, 9.17) is 11.6 Å². The van der Waals surface area contributed by atoms with E-state index in [1.165, 1.54) is 22.3 Å². The van der Waals surface area contributed by atoms with E-state index in [1.54, 1.807) is 0 Å². The minimum atomic E-state index is 0.0774. The number of hydrogen-bond acceptors (Lipinski definition) is 0. The quantitative estimate of drug-likeness (QED) is 0.531. The summed E-state index contributed by atoms with van der Waals surface area (Å²) < 4.78 is 2.21. The molecule has 0 unspecified atom stereocenters. The van der Waals surface area contributed by atoms with Gasteiger partial charge >= 0.3 is 0 Å². The van der Waals surface area contributed by atoms with Gasteiger partial charge in [0.05, 0.1) is 0 Å². The van der Waals surface area contributed by atoms with Gasteiger partial charge in [-0.2, -0.15) is 0 Å². The summed E-state index contributed by atoms with van der Waals surface area (Å²) in [5.41, 5.74) is 5.25. The Morgan fingerprint density at radius 1 is 0.944 bits per heavy atom. The van der Waals surface area contributed by atoms with Crippen LogP contribution in [0.2, 0.25) is 0 Å². The third kappa shape index (κ3) is 1.95. The lowest BCUT2D eigenvalue weighted by molar-refractivity contribution is 0.805. The third-order valence-electron chi connectivity index (χ3n) is 3.45. The summed E-state index contributed by atoms with van der Waals surface area (Å²) in [6, 6.07) is 12.9. The van der Waals surface area contributed by atoms with Crippen LogP contribution >= 0.6 is 43.5 Å². The van der Waals surface area contributed by atoms with E-state index < -0.39 is 0 Å². The first-order valence-electron chi connectivity index (χ1n) is 5.81. The molecule has 3 rings (SSSR count). The number of benzene rings is 2. The Labute approximate surface area is 129 Å². The Morgan fingerprint density at radius 2 is 1.39 bits per heavy atom. The van der Waals surface area contributed by atoms with Crippen LogP contribution < -0.4 is 0 Å². The summed E-state index contributed by atoms with van der Waals surface area (Å²) in [4.78, 5) is 0. The van der Waals surface area contributed by atoms with Gasteiger partial charge in [0.25, 0.3) is 0 Å². The van der Waals surface area contributed by atoms with Gasteiger partial charge in [-0.1, -0.05) is 44.0 Å². The molecule has 0 bridgehead atoms. The first kappa shape index (κ1) is 12.7. The van der Waals surface area contributed by atoms with Crippen molar-refractivity contribution in [2.45, 2.75) is 18.2 Å². The van der Waals surface area contributed by atoms with E-state index in [2.05, 4.69) is 75.2 Å². The molecular formula is C15H11Br2Cl. The Hall–Kier alpha value is -0.310. The van der Waals surface area contributed by atoms with Crippen LogP contribution in [0.3, 0.4) is 0 Å². The molecule has 0 saturated heterocycles. The molecule has 92 valence electrons. The maximum absolute atomic E-state index is 6.41. The number of rotatable bonds is 1. The van der Waals surface area contributed by atoms with Crippen LogP contribution in [-0.4, -0.2) is 5.38 Å². The molecule has 0 aliphatic heterocycles. The standard InChI is InChI=1S/C15H11Br2Cl/c1-8(18)15-13-6-9(16)2-4-11(13)12-5-3-10(17)7-14(12)15/h2-8,15H,1H3/t8-/m1/s1. The van der Waals surface area contributed by atoms with Crippen LogP contribution in [0.5, 0.6) is 0 Å². The SMILES string of the molecule is C[C@@H](Cl)C1c2cc(Br)ccc2-c2ccc(Br)cc21. The summed E-state index contributed by atoms with van der Waals surface area (Å²) >= 11 is 13.5. The fourth-order valence-corrected chi connectivity index (χ4v) is 3.76. The van der Waals surface area contributed by atoms with Crippen LogP contribution in [0.1, 0.15) is 24.0 Å². The van der Waals surface area contributed by atoms with Crippen molar-refractivity contribution in [3.63, 3.8) is 0 Å². The van der Waals surface area contributed by atoms with E-state index in [0.717, 1.165) is 8.95 Å². The predicted molar refractivity (Wildman–Crippen MR) is 84.4 cm³/mol. The highest BCUT2D eigenvalue weighted by atomic mass is 79.9. The van der Waals surface area contributed by atoms with Crippen molar-refractivity contribution in [2.75, 3.05) is 0 Å². The van der Waals surface area contributed by atoms with Crippen molar-refractivity contribution in [3.05, 3.63) is 56.5 Å². The first-order valence-corrected chi connectivity index (χ1v) is 7.83. The lowest BCUT2D eigenvalue weighted by atomic mass is 9.94. The Kier molecular flexibility index (Phi) is 3.29. The molecular weight excluding hydrogens is 375 g/mol. The zero-order chi connectivity index (χ0) is 12.9. The van der Waals surface area contributed by atoms with E-state index in [0.29, 0.717) is 0 Å². The molecule has 3 heteroatoms. The highest BCUT2D eigenvalue weighted by Crippen LogP contribution is 2.48. The summed E-state index contributed by atoms with van der Waals surface area (Å²) in [7, 11) is 0. The molecule has 0 heterocycles. The van der Waals surface area contributed by atoms with E-state index in [-0.39, 0.29) is 11.3 Å². The van der Waals surface area contributed by atoms with Crippen LogP contribution in [0.25, 0.3) is 11.1 Å². The molecule has 2 aromatic carbocycles. The number of halogens is 3. The molecule has 1 aliphatic rings. The molecule has 1 aliphatic carbocycles. The van der Waals surface area contributed by atoms with Gasteiger partial charge in [0, 0.05) is 20.2 Å². The second-order valence-corrected chi connectivity index (χ2v) is 7.14. The lowest BCUT2D eigenvalue weighted by Gasteiger charge is -2.16. The van der Waals surface area contributed by atoms with Gasteiger partial charge in [0.15, 0.2) is 0 Å². The van der Waals surface area contributed by atoms with Crippen LogP contribution in [-0.2, 0) is 0 Å². The monoisotopic (exact) mass is 384 g/mol. The maximum atomic E-state index is 6.41. The summed E-state index contributed by atoms with van der Waals surface area (Å²) in [5.74, 6) is 0.270. The van der Waals surface area contributed by atoms with Crippen molar-refractivity contribution in [3.8, 4) is 11.1 Å². The van der Waals surface area contributed by atoms with Crippen molar-refractivity contribution in [1.29, 1.82) is 0 Å². The van der Waals surface area contributed by atoms with Crippen LogP contribution in [0.4, 0.5) is 0 Å². The molecule has 0 amide bonds. The van der Waals surface area contributed by atoms with Gasteiger partial charge in [-0.15, -0.1) is 11.6 Å². The average Bonchev–Trinajstić information content (AvgIpc) is 2.60. The van der Waals surface area contributed by atoms with Crippen molar-refractivity contribution >= 4 is 43.5 Å². The zero-order valence-electron chi connectivity index (χ0n) is 9.75. The molecule has 0 N–H and O–H groups in total. The number of fused-ring (bicyclic) bond motifs is 3. The largest absolute Gasteiger partial charge is 0.122 e. The Bertz CT molecular complexity index is 568. The fraction of sp³-hybridized carbons (Fsp3) is 0.200. The van der Waals surface area contributed by atoms with E-state index >= 15 is 0 Å². The predicted octanol–water partition coefficient (Wildman–Crippen LogP) is 5.95. The molecule has 0 fully saturated rings. The minimum absolute atomic E-state index is 0.0774. The molecule has 0 spiro atoms. The number of alkyl halides is 1. The average molecular weight is 387 g/mol. The molecule has 0 nitrogen and oxygen atoms in total. The smallest absolute Gasteiger partial charge is 0.0417 e. The van der Waals surface area contributed by atoms with Gasteiger partial charge in [-0.3, -0.25) is 0 Å². The Morgan fingerprint density at radius 3 is 1.78 bits per heavy atom. The molecule has 18 heavy (non-hydrogen) atoms. The van der Waals surface area contributed by atoms with E-state index in [1.807, 2.05) is 0 Å². The van der Waals surface area contributed by atoms with Gasteiger partial charge in [-0.05, 0) is 53.4 Å².